The van der Waals surface area contributed by atoms with E-state index in [0.29, 0.717) is 10.6 Å². The molecule has 2 aromatic carbocycles. The second kappa shape index (κ2) is 13.4. The second-order valence-corrected chi connectivity index (χ2v) is 12.0. The smallest absolute Gasteiger partial charge is 0.511 e. The maximum absolute atomic E-state index is 13.5. The van der Waals surface area contributed by atoms with Crippen molar-refractivity contribution in [2.75, 3.05) is 13.8 Å². The van der Waals surface area contributed by atoms with Crippen LogP contribution in [0, 0.1) is 12.1 Å². The van der Waals surface area contributed by atoms with E-state index in [0.717, 1.165) is 35.5 Å². The maximum Gasteiger partial charge on any atom is 0.511 e. The molecule has 1 N–H and O–H groups in total. The number of carbonyl (C=O) groups excluding carboxylic acids is 2. The van der Waals surface area contributed by atoms with E-state index in [9.17, 15) is 36.4 Å². The molecular weight excluding hydrogens is 625 g/mol. The number of alkyl halides is 3. The van der Waals surface area contributed by atoms with E-state index in [4.69, 9.17) is 4.74 Å². The Balaban J connectivity index is 1.76. The van der Waals surface area contributed by atoms with E-state index >= 15 is 0 Å². The first-order chi connectivity index (χ1) is 20.8. The zero-order valence-electron chi connectivity index (χ0n) is 25.0. The summed E-state index contributed by atoms with van der Waals surface area (Å²) >= 11 is 0. The van der Waals surface area contributed by atoms with Gasteiger partial charge in [-0.3, -0.25) is 4.79 Å². The number of benzene rings is 2. The minimum atomic E-state index is -4.73. The lowest BCUT2D eigenvalue weighted by molar-refractivity contribution is -0.717. The van der Waals surface area contributed by atoms with Gasteiger partial charge in [-0.1, -0.05) is 29.8 Å². The summed E-state index contributed by atoms with van der Waals surface area (Å²) in [4.78, 5) is 28.3. The van der Waals surface area contributed by atoms with E-state index in [1.807, 2.05) is 11.6 Å². The van der Waals surface area contributed by atoms with Crippen molar-refractivity contribution in [3.63, 3.8) is 0 Å². The minimum Gasteiger partial charge on any atom is -0.569 e. The molecule has 0 aliphatic carbocycles. The molecule has 3 aromatic rings. The van der Waals surface area contributed by atoms with Gasteiger partial charge in [-0.05, 0) is 65.0 Å². The van der Waals surface area contributed by atoms with E-state index < -0.39 is 57.3 Å². The average Bonchev–Trinajstić information content (AvgIpc) is 3.41. The molecule has 0 aliphatic heterocycles. The third kappa shape index (κ3) is 8.62. The highest BCUT2D eigenvalue weighted by molar-refractivity contribution is 7.90. The van der Waals surface area contributed by atoms with E-state index in [1.54, 1.807) is 38.1 Å². The first kappa shape index (κ1) is 34.6. The van der Waals surface area contributed by atoms with Crippen molar-refractivity contribution in [1.29, 1.82) is 0 Å². The lowest BCUT2D eigenvalue weighted by Gasteiger charge is -2.29. The molecule has 1 aromatic heterocycles. The van der Waals surface area contributed by atoms with Crippen molar-refractivity contribution in [2.45, 2.75) is 57.3 Å². The maximum atomic E-state index is 13.5. The van der Waals surface area contributed by atoms with Gasteiger partial charge in [0, 0.05) is 5.56 Å². The van der Waals surface area contributed by atoms with Gasteiger partial charge < -0.3 is 19.5 Å². The number of hydrogen-bond acceptors (Lipinski definition) is 10. The predicted octanol–water partition coefficient (Wildman–Crippen LogP) is 4.71. The lowest BCUT2D eigenvalue weighted by Crippen LogP contribution is -2.56. The largest absolute Gasteiger partial charge is 0.569 e. The Labute approximate surface area is 256 Å². The van der Waals surface area contributed by atoms with Crippen LogP contribution in [0.4, 0.5) is 18.0 Å². The first-order valence-corrected chi connectivity index (χ1v) is 14.6. The van der Waals surface area contributed by atoms with E-state index in [1.165, 1.54) is 26.0 Å². The Morgan fingerprint density at radius 1 is 1.11 bits per heavy atom. The Kier molecular flexibility index (Phi) is 10.3. The molecule has 1 amide bonds. The Bertz CT molecular complexity index is 1650. The highest BCUT2D eigenvalue weighted by Crippen LogP contribution is 2.33. The van der Waals surface area contributed by atoms with Gasteiger partial charge in [0.05, 0.1) is 34.4 Å². The highest BCUT2D eigenvalue weighted by Gasteiger charge is 2.41. The van der Waals surface area contributed by atoms with Crippen molar-refractivity contribution in [1.82, 2.24) is 19.5 Å². The van der Waals surface area contributed by atoms with Gasteiger partial charge in [-0.25, -0.2) is 22.6 Å². The van der Waals surface area contributed by atoms with Crippen molar-refractivity contribution in [3.05, 3.63) is 71.1 Å². The SMILES string of the molecule is Cc1ccc(-c2cc(C(F)(F)F)nn2-c2ccc(S(=O)(=O)NC(=O)C(C)(C)N(C)/[N+]([O-])=N/OCOC(=O)OC(C)C)cc2)cc1. The molecule has 244 valence electrons. The molecule has 14 nitrogen and oxygen atoms in total. The molecule has 45 heavy (non-hydrogen) atoms. The molecule has 1 heterocycles. The Morgan fingerprint density at radius 3 is 2.27 bits per heavy atom. The van der Waals surface area contributed by atoms with Crippen LogP contribution >= 0.6 is 0 Å². The topological polar surface area (TPSA) is 167 Å². The number of likely N-dealkylation sites (N-methyl/N-ethyl adjacent to an activating group) is 1. The summed E-state index contributed by atoms with van der Waals surface area (Å²) in [5.41, 5.74) is -1.37. The molecular formula is C27H31F3N6O8S. The Morgan fingerprint density at radius 2 is 1.71 bits per heavy atom. The zero-order chi connectivity index (χ0) is 33.7. The van der Waals surface area contributed by atoms with Crippen LogP contribution in [0.3, 0.4) is 0 Å². The summed E-state index contributed by atoms with van der Waals surface area (Å²) < 4.78 is 78.7. The monoisotopic (exact) mass is 656 g/mol. The summed E-state index contributed by atoms with van der Waals surface area (Å²) in [5.74, 6) is -1.13. The van der Waals surface area contributed by atoms with E-state index in [2.05, 4.69) is 20.0 Å². The van der Waals surface area contributed by atoms with Crippen LogP contribution in [0.2, 0.25) is 0 Å². The number of amides is 1. The highest BCUT2D eigenvalue weighted by atomic mass is 32.2. The fourth-order valence-electron chi connectivity index (χ4n) is 3.51. The zero-order valence-corrected chi connectivity index (χ0v) is 25.8. The molecule has 0 bridgehead atoms. The van der Waals surface area contributed by atoms with Gasteiger partial charge in [0.2, 0.25) is 5.28 Å². The number of halogens is 3. The van der Waals surface area contributed by atoms with Crippen molar-refractivity contribution < 1.29 is 50.5 Å². The molecule has 18 heteroatoms. The van der Waals surface area contributed by atoms with Crippen LogP contribution in [0.1, 0.15) is 39.0 Å². The van der Waals surface area contributed by atoms with Crippen LogP contribution in [-0.2, 0) is 35.3 Å². The number of carbonyl (C=O) groups is 2. The summed E-state index contributed by atoms with van der Waals surface area (Å²) in [6.45, 7) is 6.66. The molecule has 0 radical (unpaired) electrons. The van der Waals surface area contributed by atoms with Gasteiger partial charge in [-0.2, -0.15) is 18.3 Å². The van der Waals surface area contributed by atoms with Crippen LogP contribution in [0.15, 0.2) is 64.8 Å². The molecule has 0 unspecified atom stereocenters. The fourth-order valence-corrected chi connectivity index (χ4v) is 4.61. The van der Waals surface area contributed by atoms with Crippen molar-refractivity contribution in [3.8, 4) is 16.9 Å². The number of rotatable bonds is 11. The van der Waals surface area contributed by atoms with Gasteiger partial charge in [0.15, 0.2) is 11.2 Å². The van der Waals surface area contributed by atoms with Crippen LogP contribution < -0.4 is 4.72 Å². The molecule has 0 fully saturated rings. The predicted molar refractivity (Wildman–Crippen MR) is 151 cm³/mol. The number of nitrogens with one attached hydrogen (secondary N) is 1. The Hall–Kier alpha value is -4.87. The minimum absolute atomic E-state index is 0.120. The molecule has 3 rings (SSSR count). The normalized spacial score (nSPS) is 12.5. The van der Waals surface area contributed by atoms with E-state index in [-0.39, 0.29) is 16.4 Å². The molecule has 0 saturated carbocycles. The third-order valence-corrected chi connectivity index (χ3v) is 7.62. The molecule has 0 aliphatic rings. The number of nitrogens with zero attached hydrogens (tertiary/aromatic N) is 5. The fraction of sp³-hybridized carbons (Fsp3) is 0.370. The number of aryl methyl sites for hydroxylation is 1. The van der Waals surface area contributed by atoms with Gasteiger partial charge in [0.25, 0.3) is 22.7 Å². The molecule has 0 atom stereocenters. The van der Waals surface area contributed by atoms with Crippen molar-refractivity contribution >= 4 is 22.1 Å². The first-order valence-electron chi connectivity index (χ1n) is 13.1. The van der Waals surface area contributed by atoms with Crippen LogP contribution in [0.5, 0.6) is 0 Å². The van der Waals surface area contributed by atoms with Crippen molar-refractivity contribution in [2.24, 2.45) is 5.28 Å². The quantitative estimate of drug-likeness (QED) is 0.0762. The molecule has 0 spiro atoms. The van der Waals surface area contributed by atoms with Gasteiger partial charge >= 0.3 is 12.3 Å². The number of sulfonamides is 1. The van der Waals surface area contributed by atoms with Crippen LogP contribution in [-0.4, -0.2) is 65.7 Å². The number of hydrogen-bond donors (Lipinski definition) is 1. The van der Waals surface area contributed by atoms with Gasteiger partial charge in [0.1, 0.15) is 0 Å². The summed E-state index contributed by atoms with van der Waals surface area (Å²) in [6, 6.07) is 12.2. The number of ether oxygens (including phenoxy) is 2. The summed E-state index contributed by atoms with van der Waals surface area (Å²) in [5, 5.41) is 19.8. The summed E-state index contributed by atoms with van der Waals surface area (Å²) in [7, 11) is -3.39. The number of aromatic nitrogens is 2. The molecule has 0 saturated heterocycles. The van der Waals surface area contributed by atoms with Crippen LogP contribution in [0.25, 0.3) is 16.9 Å². The lowest BCUT2D eigenvalue weighted by atomic mass is 10.1. The average molecular weight is 657 g/mol. The second-order valence-electron chi connectivity index (χ2n) is 10.3. The standard InChI is InChI=1S/C27H31F3N6O8S/c1-17(2)44-25(38)42-16-43-33-36(39)34(6)26(4,5)24(37)32-45(40,41)21-13-11-20(12-14-21)35-22(15-23(31-35)27(28,29)30)19-9-7-18(3)8-10-19/h7-15,17H,16H2,1-6H3,(H,32,37)/b36-33-. The third-order valence-electron chi connectivity index (χ3n) is 6.28. The summed E-state index contributed by atoms with van der Waals surface area (Å²) in [6.07, 6.45) is -6.25. The number of hydrazine groups is 1. The van der Waals surface area contributed by atoms with Gasteiger partial charge in [-0.15, -0.1) is 5.01 Å².